The number of nitrogens with zero attached hydrogens (tertiary/aromatic N) is 3. The predicted molar refractivity (Wildman–Crippen MR) is 174 cm³/mol. The number of carbonyl (C=O) groups is 2. The van der Waals surface area contributed by atoms with Crippen molar-refractivity contribution < 1.29 is 33.6 Å². The van der Waals surface area contributed by atoms with Gasteiger partial charge in [-0.3, -0.25) is 19.4 Å². The largest absolute Gasteiger partial charge is 0.463 e. The Bertz CT molecular complexity index is 1010. The van der Waals surface area contributed by atoms with E-state index in [1.54, 1.807) is 27.9 Å². The maximum Gasteiger partial charge on any atom is 0.319 e. The number of ether oxygens (including phenoxy) is 4. The number of cyclic esters (lactones) is 1. The van der Waals surface area contributed by atoms with Crippen LogP contribution in [0.5, 0.6) is 0 Å². The number of hydrogen-bond donors (Lipinski definition) is 1. The third-order valence-corrected chi connectivity index (χ3v) is 11.8. The number of aliphatic hydroxyl groups is 1. The Labute approximate surface area is 272 Å². The van der Waals surface area contributed by atoms with E-state index in [0.29, 0.717) is 30.8 Å². The number of piperidine rings is 1. The zero-order chi connectivity index (χ0) is 33.4. The second-order valence-electron chi connectivity index (χ2n) is 15.8. The molecular formula is C35H63N3O7. The Kier molecular flexibility index (Phi) is 11.9. The predicted octanol–water partition coefficient (Wildman–Crippen LogP) is 3.58. The van der Waals surface area contributed by atoms with Gasteiger partial charge in [-0.1, -0.05) is 20.8 Å². The van der Waals surface area contributed by atoms with Crippen molar-refractivity contribution in [3.8, 4) is 0 Å². The number of likely N-dealkylation sites (N-methyl/N-ethyl adjacent to an activating group) is 2. The zero-order valence-electron chi connectivity index (χ0n) is 30.0. The molecule has 10 nitrogen and oxygen atoms in total. The fourth-order valence-corrected chi connectivity index (χ4v) is 9.21. The van der Waals surface area contributed by atoms with E-state index in [9.17, 15) is 14.7 Å². The Morgan fingerprint density at radius 3 is 2.22 bits per heavy atom. The molecule has 0 amide bonds. The summed E-state index contributed by atoms with van der Waals surface area (Å²) in [6, 6.07) is 1.08. The maximum atomic E-state index is 14.3. The van der Waals surface area contributed by atoms with Crippen molar-refractivity contribution in [3.05, 3.63) is 0 Å². The van der Waals surface area contributed by atoms with E-state index in [2.05, 4.69) is 30.7 Å². The summed E-state index contributed by atoms with van der Waals surface area (Å²) in [7, 11) is 7.68. The highest BCUT2D eigenvalue weighted by Crippen LogP contribution is 2.42. The summed E-state index contributed by atoms with van der Waals surface area (Å²) >= 11 is 0. The van der Waals surface area contributed by atoms with Gasteiger partial charge in [0.05, 0.1) is 17.8 Å². The molecule has 260 valence electrons. The van der Waals surface area contributed by atoms with Gasteiger partial charge in [0.2, 0.25) is 0 Å². The lowest BCUT2D eigenvalue weighted by molar-refractivity contribution is -0.295. The van der Waals surface area contributed by atoms with Gasteiger partial charge in [-0.2, -0.15) is 0 Å². The lowest BCUT2D eigenvalue weighted by Gasteiger charge is -2.47. The Balaban J connectivity index is 1.65. The molecule has 0 saturated carbocycles. The monoisotopic (exact) mass is 637 g/mol. The van der Waals surface area contributed by atoms with Gasteiger partial charge in [0, 0.05) is 43.7 Å². The highest BCUT2D eigenvalue weighted by atomic mass is 16.7. The summed E-state index contributed by atoms with van der Waals surface area (Å²) < 4.78 is 25.2. The van der Waals surface area contributed by atoms with Gasteiger partial charge in [0.15, 0.2) is 12.1 Å². The third kappa shape index (κ3) is 7.63. The van der Waals surface area contributed by atoms with Crippen LogP contribution in [0.3, 0.4) is 0 Å². The van der Waals surface area contributed by atoms with Crippen molar-refractivity contribution >= 4 is 11.8 Å². The molecule has 0 aliphatic carbocycles. The molecule has 4 rings (SSSR count). The summed E-state index contributed by atoms with van der Waals surface area (Å²) in [6.45, 7) is 15.7. The van der Waals surface area contributed by atoms with Gasteiger partial charge in [0.25, 0.3) is 0 Å². The Morgan fingerprint density at radius 1 is 1.04 bits per heavy atom. The van der Waals surface area contributed by atoms with E-state index in [1.807, 2.05) is 32.8 Å². The van der Waals surface area contributed by atoms with Crippen molar-refractivity contribution in [2.45, 2.75) is 141 Å². The molecule has 0 spiro atoms. The number of methoxy groups -OCH3 is 1. The minimum atomic E-state index is -1.39. The number of Topliss-reactive ketones (excluding diaryl/α,β-unsaturated/α-hetero) is 1. The third-order valence-electron chi connectivity index (χ3n) is 11.8. The molecule has 1 N–H and O–H groups in total. The first-order valence-electron chi connectivity index (χ1n) is 17.4. The number of hydrogen-bond acceptors (Lipinski definition) is 10. The van der Waals surface area contributed by atoms with Gasteiger partial charge >= 0.3 is 5.97 Å². The fourth-order valence-electron chi connectivity index (χ4n) is 9.21. The van der Waals surface area contributed by atoms with E-state index in [0.717, 1.165) is 25.9 Å². The van der Waals surface area contributed by atoms with Gasteiger partial charge in [-0.25, -0.2) is 0 Å². The Morgan fingerprint density at radius 2 is 1.67 bits per heavy atom. The molecule has 10 heteroatoms. The second kappa shape index (κ2) is 14.5. The number of fused-ring (bicyclic) bond motifs is 2. The molecule has 2 bridgehead atoms. The minimum Gasteiger partial charge on any atom is -0.463 e. The summed E-state index contributed by atoms with van der Waals surface area (Å²) in [5.74, 6) is -0.918. The van der Waals surface area contributed by atoms with Crippen molar-refractivity contribution in [2.75, 3.05) is 47.9 Å². The van der Waals surface area contributed by atoms with Gasteiger partial charge in [-0.05, 0) is 106 Å². The van der Waals surface area contributed by atoms with E-state index in [1.165, 1.54) is 12.8 Å². The summed E-state index contributed by atoms with van der Waals surface area (Å²) in [5, 5.41) is 11.3. The van der Waals surface area contributed by atoms with Crippen LogP contribution in [0.1, 0.15) is 87.0 Å². The smallest absolute Gasteiger partial charge is 0.319 e. The van der Waals surface area contributed by atoms with E-state index >= 15 is 0 Å². The molecule has 45 heavy (non-hydrogen) atoms. The number of carbonyl (C=O) groups excluding carboxylic acids is 2. The normalized spacial score (nSPS) is 44.2. The number of aliphatic hydroxyl groups excluding tert-OH is 1. The quantitative estimate of drug-likeness (QED) is 0.344. The first kappa shape index (κ1) is 36.7. The molecule has 4 heterocycles. The highest BCUT2D eigenvalue weighted by Gasteiger charge is 2.52. The molecule has 0 aromatic heterocycles. The molecule has 4 aliphatic heterocycles. The summed E-state index contributed by atoms with van der Waals surface area (Å²) in [6.07, 6.45) is 3.17. The van der Waals surface area contributed by atoms with Gasteiger partial charge in [0.1, 0.15) is 18.1 Å². The molecule has 3 unspecified atom stereocenters. The zero-order valence-corrected chi connectivity index (χ0v) is 30.0. The molecule has 11 atom stereocenters. The Hall–Kier alpha value is -1.14. The standard InChI is InChI=1S/C35H63N3O7/c1-12-38-25-13-14-26(38)17-24(16-25)28-20-43-33(41)34(5,6)30(40)23(4)31(35(7,42-11)18-21(2)19-37(28)10)45-32-29(39)27(36(8)9)15-22(3)44-32/h21-29,31-32,39H,12-20H2,1-11H3/t21-,22-,23+,24?,25?,26?,27+,28?,29-,31-,32+,35-/m1/s1. The van der Waals surface area contributed by atoms with Crippen molar-refractivity contribution in [1.29, 1.82) is 0 Å². The lowest BCUT2D eigenvalue weighted by atomic mass is 9.74. The van der Waals surface area contributed by atoms with Crippen LogP contribution >= 0.6 is 0 Å². The second-order valence-corrected chi connectivity index (χ2v) is 15.8. The average molecular weight is 638 g/mol. The molecule has 0 radical (unpaired) electrons. The molecular weight excluding hydrogens is 574 g/mol. The summed E-state index contributed by atoms with van der Waals surface area (Å²) in [5.41, 5.74) is -2.30. The number of rotatable bonds is 6. The van der Waals surface area contributed by atoms with Crippen molar-refractivity contribution in [3.63, 3.8) is 0 Å². The molecule has 0 aromatic carbocycles. The van der Waals surface area contributed by atoms with Crippen LogP contribution in [-0.2, 0) is 28.5 Å². The summed E-state index contributed by atoms with van der Waals surface area (Å²) in [4.78, 5) is 35.1. The molecule has 0 aromatic rings. The van der Waals surface area contributed by atoms with Crippen molar-refractivity contribution in [1.82, 2.24) is 14.7 Å². The van der Waals surface area contributed by atoms with Crippen molar-refractivity contribution in [2.24, 2.45) is 23.2 Å². The fraction of sp³-hybridized carbons (Fsp3) is 0.943. The first-order chi connectivity index (χ1) is 21.0. The van der Waals surface area contributed by atoms with E-state index < -0.39 is 41.4 Å². The maximum absolute atomic E-state index is 14.3. The van der Waals surface area contributed by atoms with E-state index in [4.69, 9.17) is 18.9 Å². The SMILES string of the molecule is CCN1C2CCC1CC(C1COC(=O)C(C)(C)C(=O)[C@H](C)[C@@H](O[C@@H]3O[C@H](C)C[C@H](N(C)C)[C@H]3O)[C@](C)(OC)C[C@@H](C)CN1C)C2. The van der Waals surface area contributed by atoms with E-state index in [-0.39, 0.29) is 36.5 Å². The highest BCUT2D eigenvalue weighted by molar-refractivity contribution is 6.04. The first-order valence-corrected chi connectivity index (χ1v) is 17.4. The average Bonchev–Trinajstić information content (AvgIpc) is 3.23. The van der Waals surface area contributed by atoms with Crippen LogP contribution in [0.4, 0.5) is 0 Å². The van der Waals surface area contributed by atoms with Crippen LogP contribution in [0.15, 0.2) is 0 Å². The lowest BCUT2D eigenvalue weighted by Crippen LogP contribution is -2.59. The van der Waals surface area contributed by atoms with Crippen LogP contribution < -0.4 is 0 Å². The van der Waals surface area contributed by atoms with Crippen LogP contribution in [0, 0.1) is 23.2 Å². The molecule has 4 fully saturated rings. The minimum absolute atomic E-state index is 0.0682. The van der Waals surface area contributed by atoms with Crippen LogP contribution in [0.25, 0.3) is 0 Å². The van der Waals surface area contributed by atoms with Gasteiger partial charge < -0.3 is 29.0 Å². The van der Waals surface area contributed by atoms with Crippen LogP contribution in [0.2, 0.25) is 0 Å². The van der Waals surface area contributed by atoms with Crippen LogP contribution in [-0.4, -0.2) is 134 Å². The topological polar surface area (TPSA) is 101 Å². The van der Waals surface area contributed by atoms with Gasteiger partial charge in [-0.15, -0.1) is 0 Å². The number of ketones is 1. The molecule has 4 aliphatic rings. The number of esters is 1. The molecule has 4 saturated heterocycles.